The molecule has 0 aliphatic carbocycles. The van der Waals surface area contributed by atoms with Gasteiger partial charge in [0, 0.05) is 19.5 Å². The van der Waals surface area contributed by atoms with E-state index in [1.54, 1.807) is 0 Å². The zero-order valence-corrected chi connectivity index (χ0v) is 15.7. The number of hydroxylamine groups is 2. The number of piperidine rings is 1. The minimum absolute atomic E-state index is 0.169. The third kappa shape index (κ3) is 7.79. The molecule has 0 radical (unpaired) electrons. The normalized spacial score (nSPS) is 16.7. The van der Waals surface area contributed by atoms with E-state index in [9.17, 15) is 19.5 Å². The van der Waals surface area contributed by atoms with Crippen molar-refractivity contribution in [3.8, 4) is 0 Å². The van der Waals surface area contributed by atoms with Crippen LogP contribution in [-0.2, 0) is 9.57 Å². The lowest BCUT2D eigenvalue weighted by Gasteiger charge is -2.33. The van der Waals surface area contributed by atoms with E-state index in [1.165, 1.54) is 0 Å². The number of likely N-dealkylation sites (tertiary alicyclic amines) is 1. The summed E-state index contributed by atoms with van der Waals surface area (Å²) in [5.74, 6) is 0. The van der Waals surface area contributed by atoms with Crippen molar-refractivity contribution in [2.75, 3.05) is 19.6 Å². The lowest BCUT2D eigenvalue weighted by atomic mass is 10.1. The summed E-state index contributed by atoms with van der Waals surface area (Å²) in [6, 6.07) is 0. The van der Waals surface area contributed by atoms with Crippen LogP contribution in [-0.4, -0.2) is 59.2 Å². The van der Waals surface area contributed by atoms with Crippen LogP contribution < -0.4 is 5.32 Å². The predicted octanol–water partition coefficient (Wildman–Crippen LogP) is 3.55. The number of rotatable bonds is 8. The average molecular weight is 373 g/mol. The van der Waals surface area contributed by atoms with E-state index in [1.807, 2.05) is 6.92 Å². The average Bonchev–Trinajstić information content (AvgIpc) is 2.61. The van der Waals surface area contributed by atoms with Crippen LogP contribution >= 0.6 is 0 Å². The van der Waals surface area contributed by atoms with Crippen LogP contribution in [0.15, 0.2) is 0 Å². The smallest absolute Gasteiger partial charge is 0.445 e. The van der Waals surface area contributed by atoms with Crippen LogP contribution in [0.25, 0.3) is 0 Å². The molecule has 1 unspecified atom stereocenters. The van der Waals surface area contributed by atoms with Crippen molar-refractivity contribution in [1.82, 2.24) is 15.3 Å². The van der Waals surface area contributed by atoms with Gasteiger partial charge in [0.1, 0.15) is 0 Å². The van der Waals surface area contributed by atoms with Gasteiger partial charge in [-0.2, -0.15) is 0 Å². The van der Waals surface area contributed by atoms with Gasteiger partial charge in [-0.3, -0.25) is 4.90 Å². The van der Waals surface area contributed by atoms with Gasteiger partial charge in [0.05, 0.1) is 6.54 Å². The number of hydrogen-bond donors (Lipinski definition) is 2. The Labute approximate surface area is 154 Å². The lowest BCUT2D eigenvalue weighted by molar-refractivity contribution is -0.111. The number of carbonyl (C=O) groups is 3. The summed E-state index contributed by atoms with van der Waals surface area (Å²) < 4.78 is 5.27. The molecule has 0 saturated carbocycles. The first-order valence-corrected chi connectivity index (χ1v) is 9.43. The standard InChI is InChI=1S/C17H31N3O6/c1-3-5-6-8-11-18-15(21)26-20(12-4-2)17(24)25-14-10-7-9-13-19(14)16(22)23/h14H,3-13H2,1-2H3,(H,18,21)(H,22,23). The minimum atomic E-state index is -1.13. The zero-order chi connectivity index (χ0) is 19.4. The Hall–Kier alpha value is -2.19. The van der Waals surface area contributed by atoms with Crippen molar-refractivity contribution >= 4 is 18.3 Å². The number of amides is 3. The second-order valence-corrected chi connectivity index (χ2v) is 6.28. The van der Waals surface area contributed by atoms with Gasteiger partial charge in [-0.15, -0.1) is 5.06 Å². The van der Waals surface area contributed by atoms with Gasteiger partial charge in [0.15, 0.2) is 6.23 Å². The Kier molecular flexibility index (Phi) is 10.3. The molecule has 1 fully saturated rings. The summed E-state index contributed by atoms with van der Waals surface area (Å²) >= 11 is 0. The maximum absolute atomic E-state index is 12.3. The van der Waals surface area contributed by atoms with Gasteiger partial charge in [-0.25, -0.2) is 14.4 Å². The Morgan fingerprint density at radius 2 is 1.92 bits per heavy atom. The molecule has 1 saturated heterocycles. The quantitative estimate of drug-likeness (QED) is 0.497. The van der Waals surface area contributed by atoms with E-state index >= 15 is 0 Å². The van der Waals surface area contributed by atoms with E-state index in [2.05, 4.69) is 12.2 Å². The summed E-state index contributed by atoms with van der Waals surface area (Å²) in [5, 5.41) is 12.6. The molecule has 1 heterocycles. The van der Waals surface area contributed by atoms with Crippen molar-refractivity contribution in [1.29, 1.82) is 0 Å². The monoisotopic (exact) mass is 373 g/mol. The van der Waals surface area contributed by atoms with Gasteiger partial charge in [0.2, 0.25) is 0 Å². The van der Waals surface area contributed by atoms with Crippen LogP contribution in [0.3, 0.4) is 0 Å². The Bertz CT molecular complexity index is 460. The van der Waals surface area contributed by atoms with Crippen LogP contribution in [0.1, 0.15) is 65.2 Å². The first kappa shape index (κ1) is 21.9. The molecule has 26 heavy (non-hydrogen) atoms. The molecule has 1 aliphatic rings. The van der Waals surface area contributed by atoms with Gasteiger partial charge < -0.3 is 20.0 Å². The molecular weight excluding hydrogens is 342 g/mol. The fourth-order valence-electron chi connectivity index (χ4n) is 2.67. The van der Waals surface area contributed by atoms with Gasteiger partial charge in [0.25, 0.3) is 0 Å². The molecule has 3 amide bonds. The first-order chi connectivity index (χ1) is 12.5. The van der Waals surface area contributed by atoms with Gasteiger partial charge >= 0.3 is 18.3 Å². The highest BCUT2D eigenvalue weighted by Gasteiger charge is 2.31. The third-order valence-corrected chi connectivity index (χ3v) is 4.05. The van der Waals surface area contributed by atoms with Crippen LogP contribution in [0.2, 0.25) is 0 Å². The second-order valence-electron chi connectivity index (χ2n) is 6.28. The molecule has 0 bridgehead atoms. The Morgan fingerprint density at radius 3 is 2.58 bits per heavy atom. The molecule has 0 aromatic carbocycles. The number of unbranched alkanes of at least 4 members (excludes halogenated alkanes) is 3. The summed E-state index contributed by atoms with van der Waals surface area (Å²) in [7, 11) is 0. The van der Waals surface area contributed by atoms with Crippen molar-refractivity contribution in [2.24, 2.45) is 0 Å². The Balaban J connectivity index is 2.49. The lowest BCUT2D eigenvalue weighted by Crippen LogP contribution is -2.48. The van der Waals surface area contributed by atoms with Crippen molar-refractivity contribution in [2.45, 2.75) is 71.4 Å². The predicted molar refractivity (Wildman–Crippen MR) is 94.5 cm³/mol. The van der Waals surface area contributed by atoms with Gasteiger partial charge in [-0.05, 0) is 25.7 Å². The topological polar surface area (TPSA) is 108 Å². The summed E-state index contributed by atoms with van der Waals surface area (Å²) in [6.07, 6.45) is 3.02. The molecule has 1 rings (SSSR count). The number of hydrogen-bond acceptors (Lipinski definition) is 5. The first-order valence-electron chi connectivity index (χ1n) is 9.43. The maximum Gasteiger partial charge on any atom is 0.445 e. The van der Waals surface area contributed by atoms with Crippen LogP contribution in [0.5, 0.6) is 0 Å². The van der Waals surface area contributed by atoms with E-state index in [-0.39, 0.29) is 6.54 Å². The number of nitrogens with zero attached hydrogens (tertiary/aromatic N) is 2. The fourth-order valence-corrected chi connectivity index (χ4v) is 2.67. The molecule has 2 N–H and O–H groups in total. The highest BCUT2D eigenvalue weighted by Crippen LogP contribution is 2.19. The molecule has 150 valence electrons. The minimum Gasteiger partial charge on any atom is -0.465 e. The highest BCUT2D eigenvalue weighted by molar-refractivity contribution is 5.72. The molecular formula is C17H31N3O6. The molecule has 1 atom stereocenters. The molecule has 9 heteroatoms. The number of carbonyl (C=O) groups excluding carboxylic acids is 2. The summed E-state index contributed by atoms with van der Waals surface area (Å²) in [6.45, 7) is 4.90. The van der Waals surface area contributed by atoms with Gasteiger partial charge in [-0.1, -0.05) is 33.1 Å². The van der Waals surface area contributed by atoms with E-state index in [0.717, 1.165) is 48.5 Å². The molecule has 1 aliphatic heterocycles. The Morgan fingerprint density at radius 1 is 1.15 bits per heavy atom. The van der Waals surface area contributed by atoms with E-state index in [4.69, 9.17) is 9.57 Å². The van der Waals surface area contributed by atoms with E-state index < -0.39 is 24.5 Å². The van der Waals surface area contributed by atoms with Crippen molar-refractivity contribution < 1.29 is 29.1 Å². The zero-order valence-electron chi connectivity index (χ0n) is 15.7. The van der Waals surface area contributed by atoms with Crippen molar-refractivity contribution in [3.05, 3.63) is 0 Å². The van der Waals surface area contributed by atoms with Crippen LogP contribution in [0, 0.1) is 0 Å². The van der Waals surface area contributed by atoms with E-state index in [0.29, 0.717) is 25.9 Å². The van der Waals surface area contributed by atoms with Crippen LogP contribution in [0.4, 0.5) is 14.4 Å². The third-order valence-electron chi connectivity index (χ3n) is 4.05. The molecule has 9 nitrogen and oxygen atoms in total. The van der Waals surface area contributed by atoms with Crippen molar-refractivity contribution in [3.63, 3.8) is 0 Å². The summed E-state index contributed by atoms with van der Waals surface area (Å²) in [4.78, 5) is 41.5. The number of ether oxygens (including phenoxy) is 1. The maximum atomic E-state index is 12.3. The number of carboxylic acid groups (broad SMARTS) is 1. The second kappa shape index (κ2) is 12.2. The molecule has 0 aromatic heterocycles. The largest absolute Gasteiger partial charge is 0.465 e. The molecule has 0 spiro atoms. The molecule has 0 aromatic rings. The fraction of sp³-hybridized carbons (Fsp3) is 0.824. The highest BCUT2D eigenvalue weighted by atomic mass is 16.8. The number of nitrogens with one attached hydrogen (secondary N) is 1. The SMILES string of the molecule is CCCCCCNC(=O)ON(CCC)C(=O)OC1CCCCN1C(=O)O. The summed E-state index contributed by atoms with van der Waals surface area (Å²) in [5.41, 5.74) is 0.